The van der Waals surface area contributed by atoms with E-state index in [0.29, 0.717) is 36.4 Å². The molecule has 3 rings (SSSR count). The first-order valence-corrected chi connectivity index (χ1v) is 10.4. The van der Waals surface area contributed by atoms with Crippen LogP contribution in [0.1, 0.15) is 41.3 Å². The zero-order chi connectivity index (χ0) is 22.5. The average Bonchev–Trinajstić information content (AvgIpc) is 2.77. The van der Waals surface area contributed by atoms with Crippen molar-refractivity contribution in [1.82, 2.24) is 9.80 Å². The minimum atomic E-state index is -0.586. The van der Waals surface area contributed by atoms with E-state index < -0.39 is 6.04 Å². The van der Waals surface area contributed by atoms with Crippen molar-refractivity contribution in [2.45, 2.75) is 38.8 Å². The van der Waals surface area contributed by atoms with E-state index in [0.717, 1.165) is 17.5 Å². The molecular weight excluding hydrogens is 394 g/mol. The number of hydrogen-bond donors (Lipinski definition) is 1. The summed E-state index contributed by atoms with van der Waals surface area (Å²) in [4.78, 5) is 41.3. The fourth-order valence-corrected chi connectivity index (χ4v) is 3.74. The van der Waals surface area contributed by atoms with Crippen LogP contribution in [0.3, 0.4) is 0 Å². The van der Waals surface area contributed by atoms with Crippen LogP contribution in [0, 0.1) is 0 Å². The van der Waals surface area contributed by atoms with Gasteiger partial charge in [-0.2, -0.15) is 0 Å². The second-order valence-corrected chi connectivity index (χ2v) is 7.90. The quantitative estimate of drug-likeness (QED) is 0.774. The van der Waals surface area contributed by atoms with Crippen molar-refractivity contribution in [3.8, 4) is 5.75 Å². The maximum absolute atomic E-state index is 13.3. The van der Waals surface area contributed by atoms with Gasteiger partial charge in [-0.05, 0) is 53.9 Å². The molecule has 0 bridgehead atoms. The number of nitrogens with zero attached hydrogens (tertiary/aromatic N) is 2. The van der Waals surface area contributed by atoms with Gasteiger partial charge in [0.2, 0.25) is 11.8 Å². The Morgan fingerprint density at radius 2 is 1.81 bits per heavy atom. The van der Waals surface area contributed by atoms with Gasteiger partial charge in [-0.1, -0.05) is 13.0 Å². The fourth-order valence-electron chi connectivity index (χ4n) is 3.74. The fraction of sp³-hybridized carbons (Fsp3) is 0.375. The van der Waals surface area contributed by atoms with Crippen molar-refractivity contribution in [3.63, 3.8) is 0 Å². The van der Waals surface area contributed by atoms with Crippen molar-refractivity contribution in [2.24, 2.45) is 0 Å². The number of methoxy groups -OCH3 is 1. The van der Waals surface area contributed by atoms with E-state index >= 15 is 0 Å². The van der Waals surface area contributed by atoms with E-state index in [1.807, 2.05) is 25.1 Å². The number of anilines is 1. The first kappa shape index (κ1) is 22.3. The van der Waals surface area contributed by atoms with E-state index in [4.69, 9.17) is 4.74 Å². The molecule has 0 spiro atoms. The van der Waals surface area contributed by atoms with Crippen molar-refractivity contribution >= 4 is 23.4 Å². The lowest BCUT2D eigenvalue weighted by Crippen LogP contribution is -2.52. The summed E-state index contributed by atoms with van der Waals surface area (Å²) in [6.45, 7) is 2.25. The minimum Gasteiger partial charge on any atom is -0.497 e. The molecule has 0 saturated carbocycles. The molecule has 7 nitrogen and oxygen atoms in total. The predicted octanol–water partition coefficient (Wildman–Crippen LogP) is 3.09. The van der Waals surface area contributed by atoms with Gasteiger partial charge in [0.15, 0.2) is 0 Å². The third kappa shape index (κ3) is 5.05. The molecule has 2 aromatic carbocycles. The molecule has 1 N–H and O–H groups in total. The van der Waals surface area contributed by atoms with Crippen molar-refractivity contribution in [2.75, 3.05) is 26.5 Å². The first-order valence-electron chi connectivity index (χ1n) is 10.4. The van der Waals surface area contributed by atoms with Crippen LogP contribution in [-0.2, 0) is 22.6 Å². The molecule has 0 fully saturated rings. The summed E-state index contributed by atoms with van der Waals surface area (Å²) in [5.41, 5.74) is 3.13. The molecular formula is C24H29N3O4. The lowest BCUT2D eigenvalue weighted by molar-refractivity contribution is -0.134. The van der Waals surface area contributed by atoms with Gasteiger partial charge in [0, 0.05) is 44.7 Å². The molecule has 0 unspecified atom stereocenters. The van der Waals surface area contributed by atoms with Crippen LogP contribution in [0.5, 0.6) is 5.75 Å². The normalized spacial score (nSPS) is 15.1. The molecule has 7 heteroatoms. The van der Waals surface area contributed by atoms with Gasteiger partial charge in [-0.3, -0.25) is 14.4 Å². The van der Waals surface area contributed by atoms with Crippen LogP contribution in [0.4, 0.5) is 5.69 Å². The van der Waals surface area contributed by atoms with E-state index in [-0.39, 0.29) is 17.7 Å². The summed E-state index contributed by atoms with van der Waals surface area (Å²) in [5, 5.41) is 2.90. The molecule has 0 saturated heterocycles. The largest absolute Gasteiger partial charge is 0.497 e. The van der Waals surface area contributed by atoms with E-state index in [2.05, 4.69) is 5.32 Å². The summed E-state index contributed by atoms with van der Waals surface area (Å²) < 4.78 is 5.17. The van der Waals surface area contributed by atoms with Crippen LogP contribution < -0.4 is 10.1 Å². The number of carbonyl (C=O) groups is 3. The molecule has 1 aliphatic rings. The number of carbonyl (C=O) groups excluding carboxylic acids is 3. The number of benzene rings is 2. The van der Waals surface area contributed by atoms with Gasteiger partial charge in [-0.25, -0.2) is 0 Å². The number of likely N-dealkylation sites (N-methyl/N-ethyl adjacent to an activating group) is 1. The second-order valence-electron chi connectivity index (χ2n) is 7.90. The first-order chi connectivity index (χ1) is 14.8. The number of hydrogen-bond acceptors (Lipinski definition) is 4. The summed E-state index contributed by atoms with van der Waals surface area (Å²) >= 11 is 0. The lowest BCUT2D eigenvalue weighted by atomic mass is 9.92. The van der Waals surface area contributed by atoms with Gasteiger partial charge < -0.3 is 19.9 Å². The average molecular weight is 424 g/mol. The number of amides is 3. The van der Waals surface area contributed by atoms with Gasteiger partial charge >= 0.3 is 0 Å². The Hall–Kier alpha value is -3.35. The molecule has 1 atom stereocenters. The highest BCUT2D eigenvalue weighted by atomic mass is 16.5. The van der Waals surface area contributed by atoms with E-state index in [1.165, 1.54) is 4.90 Å². The summed E-state index contributed by atoms with van der Waals surface area (Å²) in [6, 6.07) is 12.0. The van der Waals surface area contributed by atoms with Gasteiger partial charge in [-0.15, -0.1) is 0 Å². The Balaban J connectivity index is 1.92. The minimum absolute atomic E-state index is 0.0370. The maximum Gasteiger partial charge on any atom is 0.254 e. The SMILES string of the molecule is CCCC(=O)Nc1ccc2c(c1)CN(C(=O)c1ccc(OC)cc1)[C@@H](C(=O)N(C)C)C2. The third-order valence-electron chi connectivity index (χ3n) is 5.42. The Morgan fingerprint density at radius 3 is 2.42 bits per heavy atom. The standard InChI is InChI=1S/C24H29N3O4/c1-5-6-22(28)25-19-10-7-17-14-21(24(30)26(2)3)27(15-18(17)13-19)23(29)16-8-11-20(31-4)12-9-16/h7-13,21H,5-6,14-15H2,1-4H3,(H,25,28)/t21-/m1/s1. The highest BCUT2D eigenvalue weighted by Crippen LogP contribution is 2.29. The molecule has 3 amide bonds. The van der Waals surface area contributed by atoms with Gasteiger partial charge in [0.05, 0.1) is 7.11 Å². The maximum atomic E-state index is 13.3. The summed E-state index contributed by atoms with van der Waals surface area (Å²) in [5.74, 6) is 0.292. The highest BCUT2D eigenvalue weighted by Gasteiger charge is 2.36. The molecule has 0 aliphatic carbocycles. The van der Waals surface area contributed by atoms with Crippen LogP contribution in [0.15, 0.2) is 42.5 Å². The topological polar surface area (TPSA) is 79.0 Å². The monoisotopic (exact) mass is 423 g/mol. The Bertz CT molecular complexity index is 969. The van der Waals surface area contributed by atoms with Crippen LogP contribution in [0.25, 0.3) is 0 Å². The number of fused-ring (bicyclic) bond motifs is 1. The smallest absolute Gasteiger partial charge is 0.254 e. The molecule has 2 aromatic rings. The predicted molar refractivity (Wildman–Crippen MR) is 119 cm³/mol. The third-order valence-corrected chi connectivity index (χ3v) is 5.42. The second kappa shape index (κ2) is 9.64. The molecule has 31 heavy (non-hydrogen) atoms. The molecule has 164 valence electrons. The van der Waals surface area contributed by atoms with E-state index in [1.54, 1.807) is 50.4 Å². The zero-order valence-electron chi connectivity index (χ0n) is 18.5. The Labute approximate surface area is 183 Å². The van der Waals surface area contributed by atoms with Crippen LogP contribution in [-0.4, -0.2) is 54.8 Å². The highest BCUT2D eigenvalue weighted by molar-refractivity contribution is 5.98. The van der Waals surface area contributed by atoms with Gasteiger partial charge in [0.1, 0.15) is 11.8 Å². The number of rotatable bonds is 6. The molecule has 0 aromatic heterocycles. The van der Waals surface area contributed by atoms with Crippen LogP contribution >= 0.6 is 0 Å². The van der Waals surface area contributed by atoms with Crippen molar-refractivity contribution < 1.29 is 19.1 Å². The van der Waals surface area contributed by atoms with Crippen molar-refractivity contribution in [1.29, 1.82) is 0 Å². The zero-order valence-corrected chi connectivity index (χ0v) is 18.5. The number of nitrogens with one attached hydrogen (secondary N) is 1. The van der Waals surface area contributed by atoms with E-state index in [9.17, 15) is 14.4 Å². The Kier molecular flexibility index (Phi) is 6.95. The molecule has 1 heterocycles. The summed E-state index contributed by atoms with van der Waals surface area (Å²) in [7, 11) is 4.96. The lowest BCUT2D eigenvalue weighted by Gasteiger charge is -2.37. The molecule has 0 radical (unpaired) electrons. The summed E-state index contributed by atoms with van der Waals surface area (Å²) in [6.07, 6.45) is 1.66. The number of ether oxygens (including phenoxy) is 1. The van der Waals surface area contributed by atoms with Crippen LogP contribution in [0.2, 0.25) is 0 Å². The van der Waals surface area contributed by atoms with Gasteiger partial charge in [0.25, 0.3) is 5.91 Å². The molecule has 1 aliphatic heterocycles. The van der Waals surface area contributed by atoms with Crippen molar-refractivity contribution in [3.05, 3.63) is 59.2 Å². The Morgan fingerprint density at radius 1 is 1.10 bits per heavy atom.